The minimum atomic E-state index is -2.56. The molecule has 4 nitrogen and oxygen atoms in total. The van der Waals surface area contributed by atoms with Crippen LogP contribution in [0.2, 0.25) is 0 Å². The summed E-state index contributed by atoms with van der Waals surface area (Å²) < 4.78 is 50.9. The van der Waals surface area contributed by atoms with E-state index in [9.17, 15) is 18.3 Å². The van der Waals surface area contributed by atoms with Crippen molar-refractivity contribution in [3.63, 3.8) is 0 Å². The first-order valence-electron chi connectivity index (χ1n) is 8.07. The van der Waals surface area contributed by atoms with Gasteiger partial charge < -0.3 is 14.5 Å². The fourth-order valence-corrected chi connectivity index (χ4v) is 3.17. The monoisotopic (exact) mass is 342 g/mol. The number of hydrogen-bond donors (Lipinski definition) is 2. The number of hydrogen-bond acceptors (Lipinski definition) is 4. The Kier molecular flexibility index (Phi) is 4.81. The molecule has 2 unspecified atom stereocenters. The number of ether oxygens (including phenoxy) is 1. The molecule has 3 N–H and O–H groups in total. The lowest BCUT2D eigenvalue weighted by molar-refractivity contribution is -0.119. The standard InChI is InChI=1S/C16H20BF3NO3/c18-14-2-1-11(7-12(14)13-8-16(21,22)24-17-13)23-9-10-3-5-15(19,20)6-4-10/h1-2,7,10,13,22H,3-6,8-9,21H2. The molecule has 24 heavy (non-hydrogen) atoms. The lowest BCUT2D eigenvalue weighted by Gasteiger charge is -2.28. The Bertz CT molecular complexity index is 590. The quantitative estimate of drug-likeness (QED) is 0.652. The average molecular weight is 342 g/mol. The Hall–Kier alpha value is -1.25. The van der Waals surface area contributed by atoms with Gasteiger partial charge in [0.15, 0.2) is 0 Å². The Labute approximate surface area is 139 Å². The van der Waals surface area contributed by atoms with Gasteiger partial charge in [0.1, 0.15) is 11.6 Å². The lowest BCUT2D eigenvalue weighted by atomic mass is 9.75. The van der Waals surface area contributed by atoms with E-state index in [4.69, 9.17) is 15.1 Å². The van der Waals surface area contributed by atoms with Gasteiger partial charge in [-0.3, -0.25) is 5.73 Å². The van der Waals surface area contributed by atoms with Crippen molar-refractivity contribution in [2.75, 3.05) is 6.61 Å². The summed E-state index contributed by atoms with van der Waals surface area (Å²) in [5, 5.41) is 9.61. The van der Waals surface area contributed by atoms with Gasteiger partial charge in [-0.1, -0.05) is 0 Å². The summed E-state index contributed by atoms with van der Waals surface area (Å²) in [5.74, 6) is -4.73. The SMILES string of the molecule is NC1(O)CC(c2cc(OCC3CCC(F)(F)CC3)ccc2F)[B]O1. The number of aliphatic hydroxyl groups is 1. The van der Waals surface area contributed by atoms with Gasteiger partial charge in [-0.2, -0.15) is 0 Å². The third-order valence-electron chi connectivity index (χ3n) is 4.64. The Morgan fingerprint density at radius 1 is 1.33 bits per heavy atom. The summed E-state index contributed by atoms with van der Waals surface area (Å²) in [6.07, 6.45) is 0.667. The molecule has 2 aliphatic rings. The topological polar surface area (TPSA) is 64.7 Å². The molecule has 8 heteroatoms. The van der Waals surface area contributed by atoms with Crippen LogP contribution in [0.5, 0.6) is 5.75 Å². The smallest absolute Gasteiger partial charge is 0.306 e. The first kappa shape index (κ1) is 17.6. The van der Waals surface area contributed by atoms with Crippen molar-refractivity contribution in [3.8, 4) is 5.75 Å². The third kappa shape index (κ3) is 4.23. The van der Waals surface area contributed by atoms with Gasteiger partial charge in [-0.15, -0.1) is 0 Å². The van der Waals surface area contributed by atoms with E-state index in [1.807, 2.05) is 0 Å². The third-order valence-corrected chi connectivity index (χ3v) is 4.64. The summed E-state index contributed by atoms with van der Waals surface area (Å²) in [6, 6.07) is 4.32. The second-order valence-electron chi connectivity index (χ2n) is 6.70. The molecule has 131 valence electrons. The maximum absolute atomic E-state index is 14.0. The predicted molar refractivity (Wildman–Crippen MR) is 82.1 cm³/mol. The highest BCUT2D eigenvalue weighted by molar-refractivity contribution is 6.31. The van der Waals surface area contributed by atoms with Crippen LogP contribution in [0, 0.1) is 11.7 Å². The molecule has 1 saturated heterocycles. The van der Waals surface area contributed by atoms with Crippen LogP contribution < -0.4 is 10.5 Å². The highest BCUT2D eigenvalue weighted by Crippen LogP contribution is 2.37. The van der Waals surface area contributed by atoms with Crippen LogP contribution in [0.15, 0.2) is 18.2 Å². The van der Waals surface area contributed by atoms with E-state index in [0.717, 1.165) is 0 Å². The minimum absolute atomic E-state index is 0.0467. The number of nitrogens with two attached hydrogens (primary N) is 1. The molecule has 1 saturated carbocycles. The second-order valence-corrected chi connectivity index (χ2v) is 6.70. The minimum Gasteiger partial charge on any atom is -0.493 e. The van der Waals surface area contributed by atoms with E-state index < -0.39 is 23.5 Å². The van der Waals surface area contributed by atoms with Crippen molar-refractivity contribution >= 4 is 7.48 Å². The maximum atomic E-state index is 14.0. The Morgan fingerprint density at radius 3 is 2.67 bits per heavy atom. The number of rotatable bonds is 4. The molecule has 1 aliphatic carbocycles. The van der Waals surface area contributed by atoms with Crippen LogP contribution in [-0.4, -0.2) is 31.0 Å². The van der Waals surface area contributed by atoms with Crippen LogP contribution in [0.3, 0.4) is 0 Å². The highest BCUT2D eigenvalue weighted by atomic mass is 19.3. The van der Waals surface area contributed by atoms with Crippen LogP contribution >= 0.6 is 0 Å². The van der Waals surface area contributed by atoms with Gasteiger partial charge in [0.05, 0.1) is 6.61 Å². The van der Waals surface area contributed by atoms with Gasteiger partial charge in [-0.05, 0) is 48.3 Å². The van der Waals surface area contributed by atoms with Gasteiger partial charge >= 0.3 is 7.48 Å². The zero-order valence-corrected chi connectivity index (χ0v) is 13.2. The molecule has 1 aromatic rings. The Balaban J connectivity index is 1.60. The molecule has 3 rings (SSSR count). The number of halogens is 3. The van der Waals surface area contributed by atoms with Crippen molar-refractivity contribution < 1.29 is 27.7 Å². The molecule has 0 bridgehead atoms. The van der Waals surface area contributed by atoms with E-state index in [1.54, 1.807) is 6.07 Å². The molecular formula is C16H20BF3NO3. The van der Waals surface area contributed by atoms with E-state index >= 15 is 0 Å². The van der Waals surface area contributed by atoms with Crippen molar-refractivity contribution in [3.05, 3.63) is 29.6 Å². The van der Waals surface area contributed by atoms with Crippen molar-refractivity contribution in [1.29, 1.82) is 0 Å². The van der Waals surface area contributed by atoms with Crippen LogP contribution in [0.4, 0.5) is 13.2 Å². The number of benzene rings is 1. The van der Waals surface area contributed by atoms with Crippen LogP contribution in [0.25, 0.3) is 0 Å². The number of alkyl halides is 2. The molecule has 2 fully saturated rings. The largest absolute Gasteiger partial charge is 0.493 e. The molecule has 0 amide bonds. The lowest BCUT2D eigenvalue weighted by Crippen LogP contribution is -2.38. The summed E-state index contributed by atoms with van der Waals surface area (Å²) in [6.45, 7) is 0.326. The average Bonchev–Trinajstić information content (AvgIpc) is 2.87. The fourth-order valence-electron chi connectivity index (χ4n) is 3.17. The summed E-state index contributed by atoms with van der Waals surface area (Å²) in [7, 11) is 1.31. The zero-order valence-electron chi connectivity index (χ0n) is 13.2. The van der Waals surface area contributed by atoms with Gasteiger partial charge in [0.2, 0.25) is 11.8 Å². The van der Waals surface area contributed by atoms with Crippen molar-refractivity contribution in [2.24, 2.45) is 11.7 Å². The first-order valence-corrected chi connectivity index (χ1v) is 8.07. The summed E-state index contributed by atoms with van der Waals surface area (Å²) in [4.78, 5) is 0. The molecule has 0 spiro atoms. The predicted octanol–water partition coefficient (Wildman–Crippen LogP) is 2.72. The van der Waals surface area contributed by atoms with Gasteiger partial charge in [-0.25, -0.2) is 13.2 Å². The van der Waals surface area contributed by atoms with E-state index in [1.165, 1.54) is 19.6 Å². The van der Waals surface area contributed by atoms with Crippen molar-refractivity contribution in [2.45, 2.75) is 49.8 Å². The molecule has 1 aliphatic heterocycles. The first-order chi connectivity index (χ1) is 11.2. The van der Waals surface area contributed by atoms with Crippen LogP contribution in [-0.2, 0) is 4.65 Å². The normalized spacial score (nSPS) is 30.1. The second kappa shape index (κ2) is 6.57. The van der Waals surface area contributed by atoms with Crippen molar-refractivity contribution in [1.82, 2.24) is 0 Å². The highest BCUT2D eigenvalue weighted by Gasteiger charge is 2.38. The van der Waals surface area contributed by atoms with E-state index in [2.05, 4.69) is 0 Å². The van der Waals surface area contributed by atoms with Gasteiger partial charge in [0, 0.05) is 19.3 Å². The maximum Gasteiger partial charge on any atom is 0.306 e. The molecule has 1 radical (unpaired) electrons. The summed E-state index contributed by atoms with van der Waals surface area (Å²) >= 11 is 0. The molecule has 1 aromatic carbocycles. The van der Waals surface area contributed by atoms with E-state index in [-0.39, 0.29) is 25.2 Å². The molecule has 2 atom stereocenters. The Morgan fingerprint density at radius 2 is 2.04 bits per heavy atom. The summed E-state index contributed by atoms with van der Waals surface area (Å²) in [5.41, 5.74) is 5.78. The zero-order chi connectivity index (χ0) is 17.4. The fraction of sp³-hybridized carbons (Fsp3) is 0.625. The van der Waals surface area contributed by atoms with E-state index in [0.29, 0.717) is 30.8 Å². The molecular weight excluding hydrogens is 322 g/mol. The molecule has 1 heterocycles. The van der Waals surface area contributed by atoms with Gasteiger partial charge in [0.25, 0.3) is 0 Å². The van der Waals surface area contributed by atoms with Crippen LogP contribution in [0.1, 0.15) is 43.5 Å². The molecule has 0 aromatic heterocycles.